The van der Waals surface area contributed by atoms with Gasteiger partial charge in [0.05, 0.1) is 7.11 Å². The topological polar surface area (TPSA) is 46.6 Å². The molecule has 0 N–H and O–H groups in total. The van der Waals surface area contributed by atoms with E-state index in [0.29, 0.717) is 5.69 Å². The van der Waals surface area contributed by atoms with Crippen molar-refractivity contribution >= 4 is 17.6 Å². The largest absolute Gasteiger partial charge is 0.466 e. The number of rotatable bonds is 3. The number of anilines is 1. The molecule has 0 saturated heterocycles. The average Bonchev–Trinajstić information content (AvgIpc) is 2.36. The second kappa shape index (κ2) is 5.25. The molecule has 0 heterocycles. The van der Waals surface area contributed by atoms with Crippen LogP contribution in [0.2, 0.25) is 0 Å². The molecular formula is C11H12FNO3. The molecule has 0 bridgehead atoms. The van der Waals surface area contributed by atoms with Crippen molar-refractivity contribution in [1.29, 1.82) is 0 Å². The van der Waals surface area contributed by atoms with Crippen LogP contribution in [-0.2, 0) is 14.3 Å². The number of halogens is 1. The number of methoxy groups -OCH3 is 1. The van der Waals surface area contributed by atoms with Crippen molar-refractivity contribution < 1.29 is 18.7 Å². The van der Waals surface area contributed by atoms with Gasteiger partial charge < -0.3 is 9.64 Å². The summed E-state index contributed by atoms with van der Waals surface area (Å²) in [4.78, 5) is 23.4. The highest BCUT2D eigenvalue weighted by atomic mass is 19.1. The van der Waals surface area contributed by atoms with Crippen LogP contribution in [0, 0.1) is 0 Å². The van der Waals surface area contributed by atoms with Gasteiger partial charge in [-0.15, -0.1) is 0 Å². The lowest BCUT2D eigenvalue weighted by atomic mass is 10.2. The van der Waals surface area contributed by atoms with E-state index in [1.807, 2.05) is 0 Å². The molecule has 5 heteroatoms. The lowest BCUT2D eigenvalue weighted by Crippen LogP contribution is -2.39. The summed E-state index contributed by atoms with van der Waals surface area (Å²) in [5, 5.41) is 0. The number of hydrogen-bond acceptors (Lipinski definition) is 3. The molecule has 1 atom stereocenters. The van der Waals surface area contributed by atoms with Gasteiger partial charge >= 0.3 is 5.97 Å². The summed E-state index contributed by atoms with van der Waals surface area (Å²) in [6.07, 6.45) is -2.28. The highest BCUT2D eigenvalue weighted by Gasteiger charge is 2.30. The number of amides is 1. The van der Waals surface area contributed by atoms with Crippen molar-refractivity contribution in [1.82, 2.24) is 0 Å². The monoisotopic (exact) mass is 225 g/mol. The maximum absolute atomic E-state index is 13.3. The first-order valence-corrected chi connectivity index (χ1v) is 4.62. The number of hydrogen-bond donors (Lipinski definition) is 0. The fraction of sp³-hybridized carbons (Fsp3) is 0.273. The molecule has 1 amide bonds. The van der Waals surface area contributed by atoms with E-state index in [1.165, 1.54) is 7.05 Å². The van der Waals surface area contributed by atoms with Gasteiger partial charge in [-0.25, -0.2) is 9.18 Å². The Morgan fingerprint density at radius 3 is 2.38 bits per heavy atom. The molecule has 86 valence electrons. The summed E-state index contributed by atoms with van der Waals surface area (Å²) < 4.78 is 17.4. The zero-order chi connectivity index (χ0) is 12.1. The lowest BCUT2D eigenvalue weighted by Gasteiger charge is -2.18. The fourth-order valence-electron chi connectivity index (χ4n) is 1.15. The standard InChI is InChI=1S/C11H12FNO3/c1-13(8-6-4-3-5-7-8)10(14)9(12)11(15)16-2/h3-7,9H,1-2H3. The maximum atomic E-state index is 13.3. The van der Waals surface area contributed by atoms with E-state index in [0.717, 1.165) is 12.0 Å². The highest BCUT2D eigenvalue weighted by molar-refractivity contribution is 6.08. The Bertz CT molecular complexity index is 380. The molecule has 0 fully saturated rings. The normalized spacial score (nSPS) is 11.7. The van der Waals surface area contributed by atoms with E-state index in [-0.39, 0.29) is 0 Å². The van der Waals surface area contributed by atoms with Crippen LogP contribution in [0.5, 0.6) is 0 Å². The summed E-state index contributed by atoms with van der Waals surface area (Å²) >= 11 is 0. The molecule has 1 aromatic carbocycles. The molecule has 0 aliphatic carbocycles. The predicted molar refractivity (Wildman–Crippen MR) is 56.8 cm³/mol. The quantitative estimate of drug-likeness (QED) is 0.573. The van der Waals surface area contributed by atoms with Crippen molar-refractivity contribution in [2.75, 3.05) is 19.1 Å². The summed E-state index contributed by atoms with van der Waals surface area (Å²) in [5.41, 5.74) is 0.513. The Hall–Kier alpha value is -1.91. The molecule has 1 aromatic rings. The fourth-order valence-corrected chi connectivity index (χ4v) is 1.15. The van der Waals surface area contributed by atoms with Crippen LogP contribution in [0.15, 0.2) is 30.3 Å². The molecule has 0 aliphatic heterocycles. The smallest absolute Gasteiger partial charge is 0.350 e. The molecule has 0 saturated carbocycles. The Labute approximate surface area is 92.6 Å². The van der Waals surface area contributed by atoms with Crippen molar-refractivity contribution in [3.63, 3.8) is 0 Å². The number of ether oxygens (including phenoxy) is 1. The summed E-state index contributed by atoms with van der Waals surface area (Å²) in [6, 6.07) is 8.48. The first-order chi connectivity index (χ1) is 7.57. The Kier molecular flexibility index (Phi) is 3.99. The molecule has 1 unspecified atom stereocenters. The molecule has 1 rings (SSSR count). The van der Waals surface area contributed by atoms with Crippen LogP contribution in [0.3, 0.4) is 0 Å². The molecular weight excluding hydrogens is 213 g/mol. The number of carbonyl (C=O) groups excluding carboxylic acids is 2. The van der Waals surface area contributed by atoms with E-state index < -0.39 is 18.0 Å². The van der Waals surface area contributed by atoms with Crippen LogP contribution in [0.1, 0.15) is 0 Å². The molecule has 0 spiro atoms. The van der Waals surface area contributed by atoms with Crippen molar-refractivity contribution in [3.05, 3.63) is 30.3 Å². The van der Waals surface area contributed by atoms with E-state index in [1.54, 1.807) is 30.3 Å². The third kappa shape index (κ3) is 2.56. The molecule has 0 aromatic heterocycles. The Balaban J connectivity index is 2.79. The van der Waals surface area contributed by atoms with Crippen molar-refractivity contribution in [2.24, 2.45) is 0 Å². The zero-order valence-electron chi connectivity index (χ0n) is 9.01. The minimum Gasteiger partial charge on any atom is -0.466 e. The Morgan fingerprint density at radius 1 is 1.31 bits per heavy atom. The van der Waals surface area contributed by atoms with E-state index in [4.69, 9.17) is 0 Å². The number of alkyl halides is 1. The summed E-state index contributed by atoms with van der Waals surface area (Å²) in [5.74, 6) is -2.13. The Morgan fingerprint density at radius 2 is 1.88 bits per heavy atom. The van der Waals surface area contributed by atoms with Gasteiger partial charge in [0.25, 0.3) is 12.1 Å². The lowest BCUT2D eigenvalue weighted by molar-refractivity contribution is -0.150. The third-order valence-corrected chi connectivity index (χ3v) is 2.10. The van der Waals surface area contributed by atoms with Crippen molar-refractivity contribution in [2.45, 2.75) is 6.17 Å². The second-order valence-electron chi connectivity index (χ2n) is 3.12. The van der Waals surface area contributed by atoms with E-state index in [2.05, 4.69) is 4.74 Å². The number of benzene rings is 1. The minimum absolute atomic E-state index is 0.513. The summed E-state index contributed by atoms with van der Waals surface area (Å²) in [7, 11) is 2.43. The predicted octanol–water partition coefficient (Wildman–Crippen LogP) is 1.16. The minimum atomic E-state index is -2.28. The SMILES string of the molecule is COC(=O)C(F)C(=O)N(C)c1ccccc1. The van der Waals surface area contributed by atoms with Gasteiger partial charge in [0, 0.05) is 12.7 Å². The summed E-state index contributed by atoms with van der Waals surface area (Å²) in [6.45, 7) is 0. The average molecular weight is 225 g/mol. The molecule has 0 radical (unpaired) electrons. The van der Waals surface area contributed by atoms with Crippen LogP contribution in [0.25, 0.3) is 0 Å². The van der Waals surface area contributed by atoms with Gasteiger partial charge in [-0.1, -0.05) is 18.2 Å². The van der Waals surface area contributed by atoms with Crippen LogP contribution in [0.4, 0.5) is 10.1 Å². The number of esters is 1. The van der Waals surface area contributed by atoms with Gasteiger partial charge in [-0.05, 0) is 12.1 Å². The number of para-hydroxylation sites is 1. The van der Waals surface area contributed by atoms with Gasteiger partial charge in [0.1, 0.15) is 0 Å². The second-order valence-corrected chi connectivity index (χ2v) is 3.12. The van der Waals surface area contributed by atoms with Gasteiger partial charge in [-0.2, -0.15) is 0 Å². The maximum Gasteiger partial charge on any atom is 0.350 e. The molecule has 16 heavy (non-hydrogen) atoms. The third-order valence-electron chi connectivity index (χ3n) is 2.10. The van der Waals surface area contributed by atoms with E-state index >= 15 is 0 Å². The number of carbonyl (C=O) groups is 2. The highest BCUT2D eigenvalue weighted by Crippen LogP contribution is 2.13. The van der Waals surface area contributed by atoms with Crippen LogP contribution in [-0.4, -0.2) is 32.2 Å². The van der Waals surface area contributed by atoms with Gasteiger partial charge in [-0.3, -0.25) is 4.79 Å². The zero-order valence-corrected chi connectivity index (χ0v) is 9.01. The number of nitrogens with zero attached hydrogens (tertiary/aromatic N) is 1. The van der Waals surface area contributed by atoms with Crippen LogP contribution < -0.4 is 4.90 Å². The first-order valence-electron chi connectivity index (χ1n) is 4.62. The van der Waals surface area contributed by atoms with Gasteiger partial charge in [0.2, 0.25) is 0 Å². The van der Waals surface area contributed by atoms with Crippen LogP contribution >= 0.6 is 0 Å². The van der Waals surface area contributed by atoms with Crippen molar-refractivity contribution in [3.8, 4) is 0 Å². The molecule has 0 aliphatic rings. The van der Waals surface area contributed by atoms with Gasteiger partial charge in [0.15, 0.2) is 0 Å². The first kappa shape index (κ1) is 12.2. The van der Waals surface area contributed by atoms with E-state index in [9.17, 15) is 14.0 Å². The molecule has 4 nitrogen and oxygen atoms in total.